The van der Waals surface area contributed by atoms with Crippen molar-refractivity contribution in [3.05, 3.63) is 41.2 Å². The molecule has 0 fully saturated rings. The summed E-state index contributed by atoms with van der Waals surface area (Å²) in [6.07, 6.45) is 0.735. The number of hydrogen-bond donors (Lipinski definition) is 3. The van der Waals surface area contributed by atoms with Crippen LogP contribution in [0.25, 0.3) is 0 Å². The van der Waals surface area contributed by atoms with Crippen LogP contribution in [0.1, 0.15) is 21.7 Å². The molecule has 1 heterocycles. The predicted octanol–water partition coefficient (Wildman–Crippen LogP) is 1.28. The molecule has 0 radical (unpaired) electrons. The standard InChI is InChI=1S/C14H18N4O2/c1-9-12(15)13(18-17-9)14(19)16-8-7-10-3-5-11(20-2)6-4-10/h3-6H,7-8,15H2,1-2H3,(H,16,19)(H,17,18). The molecule has 106 valence electrons. The Labute approximate surface area is 117 Å². The van der Waals surface area contributed by atoms with E-state index >= 15 is 0 Å². The lowest BCUT2D eigenvalue weighted by molar-refractivity contribution is 0.0950. The van der Waals surface area contributed by atoms with Crippen molar-refractivity contribution in [2.24, 2.45) is 0 Å². The van der Waals surface area contributed by atoms with E-state index in [2.05, 4.69) is 15.5 Å². The average Bonchev–Trinajstić information content (AvgIpc) is 2.80. The van der Waals surface area contributed by atoms with E-state index in [0.717, 1.165) is 17.7 Å². The van der Waals surface area contributed by atoms with Gasteiger partial charge in [-0.05, 0) is 31.0 Å². The van der Waals surface area contributed by atoms with Gasteiger partial charge >= 0.3 is 0 Å². The molecule has 6 heteroatoms. The van der Waals surface area contributed by atoms with Crippen molar-refractivity contribution in [3.8, 4) is 5.75 Å². The van der Waals surface area contributed by atoms with Gasteiger partial charge in [-0.2, -0.15) is 5.10 Å². The van der Waals surface area contributed by atoms with Gasteiger partial charge in [0.2, 0.25) is 0 Å². The number of nitrogens with two attached hydrogens (primary N) is 1. The molecule has 2 aromatic rings. The molecule has 0 aliphatic rings. The van der Waals surface area contributed by atoms with Crippen molar-refractivity contribution in [2.75, 3.05) is 19.4 Å². The lowest BCUT2D eigenvalue weighted by Gasteiger charge is -2.05. The molecular formula is C14H18N4O2. The SMILES string of the molecule is COc1ccc(CCNC(=O)c2n[nH]c(C)c2N)cc1. The van der Waals surface area contributed by atoms with E-state index in [0.29, 0.717) is 17.9 Å². The maximum Gasteiger partial charge on any atom is 0.273 e. The van der Waals surface area contributed by atoms with Gasteiger partial charge in [0, 0.05) is 6.54 Å². The van der Waals surface area contributed by atoms with E-state index in [1.807, 2.05) is 24.3 Å². The number of rotatable bonds is 5. The van der Waals surface area contributed by atoms with Gasteiger partial charge in [-0.15, -0.1) is 0 Å². The molecule has 20 heavy (non-hydrogen) atoms. The number of aryl methyl sites for hydroxylation is 1. The Morgan fingerprint density at radius 2 is 2.10 bits per heavy atom. The van der Waals surface area contributed by atoms with Gasteiger partial charge in [0.25, 0.3) is 5.91 Å². The molecule has 0 aliphatic carbocycles. The molecular weight excluding hydrogens is 256 g/mol. The number of anilines is 1. The summed E-state index contributed by atoms with van der Waals surface area (Å²) in [5.41, 5.74) is 8.21. The number of hydrogen-bond acceptors (Lipinski definition) is 4. The van der Waals surface area contributed by atoms with Crippen LogP contribution in [0, 0.1) is 6.92 Å². The van der Waals surface area contributed by atoms with Crippen LogP contribution in [0.4, 0.5) is 5.69 Å². The van der Waals surface area contributed by atoms with E-state index < -0.39 is 0 Å². The molecule has 0 bridgehead atoms. The lowest BCUT2D eigenvalue weighted by atomic mass is 10.1. The first-order valence-electron chi connectivity index (χ1n) is 6.33. The van der Waals surface area contributed by atoms with Crippen LogP contribution >= 0.6 is 0 Å². The molecule has 6 nitrogen and oxygen atoms in total. The highest BCUT2D eigenvalue weighted by molar-refractivity contribution is 5.97. The molecule has 0 atom stereocenters. The zero-order chi connectivity index (χ0) is 14.5. The van der Waals surface area contributed by atoms with Crippen molar-refractivity contribution in [1.29, 1.82) is 0 Å². The van der Waals surface area contributed by atoms with Crippen molar-refractivity contribution in [2.45, 2.75) is 13.3 Å². The first-order valence-corrected chi connectivity index (χ1v) is 6.33. The monoisotopic (exact) mass is 274 g/mol. The van der Waals surface area contributed by atoms with E-state index in [4.69, 9.17) is 10.5 Å². The number of nitrogens with one attached hydrogen (secondary N) is 2. The smallest absolute Gasteiger partial charge is 0.273 e. The second-order valence-electron chi connectivity index (χ2n) is 4.46. The van der Waals surface area contributed by atoms with Crippen molar-refractivity contribution >= 4 is 11.6 Å². The number of aromatic nitrogens is 2. The van der Waals surface area contributed by atoms with E-state index in [1.165, 1.54) is 0 Å². The third kappa shape index (κ3) is 3.09. The summed E-state index contributed by atoms with van der Waals surface area (Å²) in [4.78, 5) is 11.9. The number of ether oxygens (including phenoxy) is 1. The molecule has 0 saturated heterocycles. The van der Waals surface area contributed by atoms with E-state index in [-0.39, 0.29) is 11.6 Å². The molecule has 4 N–H and O–H groups in total. The fourth-order valence-electron chi connectivity index (χ4n) is 1.81. The van der Waals surface area contributed by atoms with Gasteiger partial charge in [0.15, 0.2) is 5.69 Å². The number of methoxy groups -OCH3 is 1. The largest absolute Gasteiger partial charge is 0.497 e. The normalized spacial score (nSPS) is 10.3. The Hall–Kier alpha value is -2.50. The van der Waals surface area contributed by atoms with Crippen LogP contribution in [0.2, 0.25) is 0 Å². The van der Waals surface area contributed by atoms with Gasteiger partial charge in [-0.25, -0.2) is 0 Å². The van der Waals surface area contributed by atoms with Crippen LogP contribution in [-0.2, 0) is 6.42 Å². The van der Waals surface area contributed by atoms with Crippen LogP contribution < -0.4 is 15.8 Å². The Kier molecular flexibility index (Phi) is 4.24. The quantitative estimate of drug-likeness (QED) is 0.765. The van der Waals surface area contributed by atoms with Gasteiger partial charge in [-0.1, -0.05) is 12.1 Å². The summed E-state index contributed by atoms with van der Waals surface area (Å²) in [7, 11) is 1.63. The van der Waals surface area contributed by atoms with Crippen molar-refractivity contribution < 1.29 is 9.53 Å². The fourth-order valence-corrected chi connectivity index (χ4v) is 1.81. The maximum atomic E-state index is 11.9. The Balaban J connectivity index is 1.86. The number of benzene rings is 1. The second-order valence-corrected chi connectivity index (χ2v) is 4.46. The van der Waals surface area contributed by atoms with Crippen LogP contribution in [0.3, 0.4) is 0 Å². The number of carbonyl (C=O) groups excluding carboxylic acids is 1. The fraction of sp³-hybridized carbons (Fsp3) is 0.286. The molecule has 0 unspecified atom stereocenters. The van der Waals surface area contributed by atoms with Crippen LogP contribution in [0.15, 0.2) is 24.3 Å². The number of nitrogens with zero attached hydrogens (tertiary/aromatic N) is 1. The third-order valence-electron chi connectivity index (χ3n) is 3.07. The summed E-state index contributed by atoms with van der Waals surface area (Å²) in [5.74, 6) is 0.554. The zero-order valence-corrected chi connectivity index (χ0v) is 11.6. The number of amides is 1. The number of H-pyrrole nitrogens is 1. The van der Waals surface area contributed by atoms with E-state index in [9.17, 15) is 4.79 Å². The highest BCUT2D eigenvalue weighted by Crippen LogP contribution is 2.13. The molecule has 0 spiro atoms. The maximum absolute atomic E-state index is 11.9. The highest BCUT2D eigenvalue weighted by Gasteiger charge is 2.14. The molecule has 2 rings (SSSR count). The van der Waals surface area contributed by atoms with Gasteiger partial charge in [0.05, 0.1) is 18.5 Å². The first kappa shape index (κ1) is 13.9. The van der Waals surface area contributed by atoms with Gasteiger partial charge < -0.3 is 15.8 Å². The first-order chi connectivity index (χ1) is 9.61. The number of carbonyl (C=O) groups is 1. The number of aromatic amines is 1. The minimum atomic E-state index is -0.264. The summed E-state index contributed by atoms with van der Waals surface area (Å²) in [6.45, 7) is 2.30. The molecule has 0 saturated carbocycles. The Morgan fingerprint density at radius 3 is 2.65 bits per heavy atom. The highest BCUT2D eigenvalue weighted by atomic mass is 16.5. The summed E-state index contributed by atoms with van der Waals surface area (Å²) >= 11 is 0. The second kappa shape index (κ2) is 6.10. The minimum absolute atomic E-state index is 0.247. The lowest BCUT2D eigenvalue weighted by Crippen LogP contribution is -2.26. The van der Waals surface area contributed by atoms with Crippen LogP contribution in [-0.4, -0.2) is 29.8 Å². The summed E-state index contributed by atoms with van der Waals surface area (Å²) in [5, 5.41) is 9.37. The Morgan fingerprint density at radius 1 is 1.40 bits per heavy atom. The Bertz CT molecular complexity index is 590. The molecule has 1 aromatic heterocycles. The topological polar surface area (TPSA) is 93.0 Å². The van der Waals surface area contributed by atoms with Crippen molar-refractivity contribution in [1.82, 2.24) is 15.5 Å². The minimum Gasteiger partial charge on any atom is -0.497 e. The predicted molar refractivity (Wildman–Crippen MR) is 76.8 cm³/mol. The summed E-state index contributed by atoms with van der Waals surface area (Å²) in [6, 6.07) is 7.73. The summed E-state index contributed by atoms with van der Waals surface area (Å²) < 4.78 is 5.09. The molecule has 0 aliphatic heterocycles. The van der Waals surface area contributed by atoms with Gasteiger partial charge in [0.1, 0.15) is 5.75 Å². The third-order valence-corrected chi connectivity index (χ3v) is 3.07. The average molecular weight is 274 g/mol. The van der Waals surface area contributed by atoms with Crippen LogP contribution in [0.5, 0.6) is 5.75 Å². The number of nitrogen functional groups attached to an aromatic ring is 1. The zero-order valence-electron chi connectivity index (χ0n) is 11.6. The molecule has 1 amide bonds. The van der Waals surface area contributed by atoms with Gasteiger partial charge in [-0.3, -0.25) is 9.89 Å². The van der Waals surface area contributed by atoms with E-state index in [1.54, 1.807) is 14.0 Å². The molecule has 1 aromatic carbocycles. The van der Waals surface area contributed by atoms with Crippen molar-refractivity contribution in [3.63, 3.8) is 0 Å².